The number of hydrogen-bond donors (Lipinski definition) is 0. The molecule has 0 aliphatic heterocycles. The summed E-state index contributed by atoms with van der Waals surface area (Å²) in [6.07, 6.45) is -2.30. The van der Waals surface area contributed by atoms with Crippen LogP contribution in [0, 0.1) is 0 Å². The van der Waals surface area contributed by atoms with E-state index < -0.39 is 52.1 Å². The van der Waals surface area contributed by atoms with Gasteiger partial charge in [-0.05, 0) is 103 Å². The second-order valence-electron chi connectivity index (χ2n) is 10.6. The molecule has 9 nitrogen and oxygen atoms in total. The maximum absolute atomic E-state index is 14.5. The van der Waals surface area contributed by atoms with Gasteiger partial charge in [0.15, 0.2) is 4.90 Å². The summed E-state index contributed by atoms with van der Waals surface area (Å²) < 4.78 is 77.3. The monoisotopic (exact) mass is 564 g/mol. The van der Waals surface area contributed by atoms with E-state index in [0.717, 1.165) is 0 Å². The zero-order valence-corrected chi connectivity index (χ0v) is 26.8. The first-order valence-corrected chi connectivity index (χ1v) is 17.4. The molecule has 0 unspecified atom stereocenters. The SMILES string of the molecule is CC(C)OP(=O)(CCCC(C)(P(=O)(OC(C)C)OC(C)C)P(=O)(OC(C)C)OC(C)C)OC(C)C. The molecule has 0 aromatic rings. The molecular weight excluding hydrogens is 513 g/mol. The highest BCUT2D eigenvalue weighted by atomic mass is 31.2. The van der Waals surface area contributed by atoms with Gasteiger partial charge in [-0.2, -0.15) is 0 Å². The van der Waals surface area contributed by atoms with E-state index in [1.165, 1.54) is 0 Å². The molecule has 212 valence electrons. The summed E-state index contributed by atoms with van der Waals surface area (Å²) in [5.74, 6) is 0. The van der Waals surface area contributed by atoms with Crippen LogP contribution in [0.15, 0.2) is 0 Å². The predicted octanol–water partition coefficient (Wildman–Crippen LogP) is 8.61. The van der Waals surface area contributed by atoms with Crippen molar-refractivity contribution in [2.45, 2.75) is 144 Å². The zero-order chi connectivity index (χ0) is 27.8. The highest BCUT2D eigenvalue weighted by Crippen LogP contribution is 2.80. The van der Waals surface area contributed by atoms with Crippen molar-refractivity contribution < 1.29 is 40.8 Å². The van der Waals surface area contributed by atoms with Gasteiger partial charge >= 0.3 is 22.8 Å². The van der Waals surface area contributed by atoms with Gasteiger partial charge in [0.2, 0.25) is 0 Å². The molecule has 0 aromatic carbocycles. The third kappa shape index (κ3) is 11.4. The first-order valence-electron chi connectivity index (χ1n) is 12.6. The molecular formula is C23H51O9P3. The van der Waals surface area contributed by atoms with Gasteiger partial charge < -0.3 is 27.1 Å². The van der Waals surface area contributed by atoms with Crippen LogP contribution in [-0.4, -0.2) is 47.7 Å². The van der Waals surface area contributed by atoms with Gasteiger partial charge in [-0.1, -0.05) is 0 Å². The minimum Gasteiger partial charge on any atom is -0.306 e. The van der Waals surface area contributed by atoms with Crippen molar-refractivity contribution in [2.75, 3.05) is 6.16 Å². The summed E-state index contributed by atoms with van der Waals surface area (Å²) in [5.41, 5.74) is 0. The third-order valence-corrected chi connectivity index (χ3v) is 13.8. The first kappa shape index (κ1) is 35.5. The van der Waals surface area contributed by atoms with Crippen molar-refractivity contribution in [3.05, 3.63) is 0 Å². The van der Waals surface area contributed by atoms with E-state index in [9.17, 15) is 13.7 Å². The van der Waals surface area contributed by atoms with E-state index in [1.54, 1.807) is 90.0 Å². The fourth-order valence-corrected chi connectivity index (χ4v) is 11.4. The fraction of sp³-hybridized carbons (Fsp3) is 1.00. The van der Waals surface area contributed by atoms with Crippen molar-refractivity contribution >= 4 is 22.8 Å². The van der Waals surface area contributed by atoms with Crippen LogP contribution < -0.4 is 0 Å². The van der Waals surface area contributed by atoms with Crippen LogP contribution in [-0.2, 0) is 40.8 Å². The summed E-state index contributed by atoms with van der Waals surface area (Å²) >= 11 is 0. The molecule has 0 rings (SSSR count). The van der Waals surface area contributed by atoms with Crippen LogP contribution in [0.4, 0.5) is 0 Å². The van der Waals surface area contributed by atoms with Crippen molar-refractivity contribution in [3.63, 3.8) is 0 Å². The maximum atomic E-state index is 14.5. The van der Waals surface area contributed by atoms with E-state index in [2.05, 4.69) is 0 Å². The van der Waals surface area contributed by atoms with Crippen molar-refractivity contribution in [3.8, 4) is 0 Å². The Bertz CT molecular complexity index is 683. The van der Waals surface area contributed by atoms with E-state index in [4.69, 9.17) is 27.1 Å². The summed E-state index contributed by atoms with van der Waals surface area (Å²) in [6.45, 7) is 22.5. The quantitative estimate of drug-likeness (QED) is 0.151. The Labute approximate surface area is 214 Å². The van der Waals surface area contributed by atoms with Gasteiger partial charge in [-0.25, -0.2) is 0 Å². The Balaban J connectivity index is 6.60. The molecule has 0 heterocycles. The van der Waals surface area contributed by atoms with Gasteiger partial charge in [0, 0.05) is 0 Å². The predicted molar refractivity (Wildman–Crippen MR) is 143 cm³/mol. The van der Waals surface area contributed by atoms with E-state index in [-0.39, 0.29) is 31.2 Å². The van der Waals surface area contributed by atoms with Crippen LogP contribution in [0.3, 0.4) is 0 Å². The molecule has 12 heteroatoms. The Morgan fingerprint density at radius 1 is 0.514 bits per heavy atom. The van der Waals surface area contributed by atoms with Crippen molar-refractivity contribution in [1.82, 2.24) is 0 Å². The van der Waals surface area contributed by atoms with Crippen LogP contribution in [0.2, 0.25) is 0 Å². The summed E-state index contributed by atoms with van der Waals surface area (Å²) in [5, 5.41) is 0. The van der Waals surface area contributed by atoms with E-state index in [1.807, 2.05) is 0 Å². The summed E-state index contributed by atoms with van der Waals surface area (Å²) in [6, 6.07) is 0. The zero-order valence-electron chi connectivity index (χ0n) is 24.1. The minimum absolute atomic E-state index is 0.0212. The van der Waals surface area contributed by atoms with Crippen LogP contribution in [0.1, 0.15) is 103 Å². The topological polar surface area (TPSA) is 107 Å². The van der Waals surface area contributed by atoms with Gasteiger partial charge in [0.25, 0.3) is 0 Å². The largest absolute Gasteiger partial charge is 0.349 e. The number of hydrogen-bond acceptors (Lipinski definition) is 9. The highest BCUT2D eigenvalue weighted by Gasteiger charge is 2.63. The lowest BCUT2D eigenvalue weighted by Crippen LogP contribution is -2.34. The van der Waals surface area contributed by atoms with Gasteiger partial charge in [-0.3, -0.25) is 13.7 Å². The van der Waals surface area contributed by atoms with Crippen LogP contribution >= 0.6 is 22.8 Å². The molecule has 0 aromatic heterocycles. The first-order chi connectivity index (χ1) is 15.7. The van der Waals surface area contributed by atoms with Crippen LogP contribution in [0.5, 0.6) is 0 Å². The Hall–Kier alpha value is 0.450. The summed E-state index contributed by atoms with van der Waals surface area (Å²) in [4.78, 5) is -1.68. The lowest BCUT2D eigenvalue weighted by molar-refractivity contribution is 0.108. The second-order valence-corrected chi connectivity index (χ2v) is 17.8. The Kier molecular flexibility index (Phi) is 14.7. The molecule has 0 saturated carbocycles. The summed E-state index contributed by atoms with van der Waals surface area (Å²) in [7, 11) is -11.7. The fourth-order valence-electron chi connectivity index (χ4n) is 3.42. The lowest BCUT2D eigenvalue weighted by atomic mass is 10.2. The molecule has 0 atom stereocenters. The maximum Gasteiger partial charge on any atom is 0.349 e. The smallest absolute Gasteiger partial charge is 0.306 e. The standard InChI is InChI=1S/C23H51O9P3/c1-17(2)27-33(24,28-18(3)4)16-14-15-23(13,34(25,29-19(5)6)30-20(7)8)35(26,31-21(9)10)32-22(11)12/h17-22H,14-16H2,1-13H3. The Morgan fingerprint density at radius 3 is 1.00 bits per heavy atom. The minimum atomic E-state index is -4.11. The molecule has 0 spiro atoms. The number of rotatable bonds is 18. The van der Waals surface area contributed by atoms with Gasteiger partial charge in [0.05, 0.1) is 42.8 Å². The average Bonchev–Trinajstić information content (AvgIpc) is 2.56. The van der Waals surface area contributed by atoms with Gasteiger partial charge in [0.1, 0.15) is 0 Å². The van der Waals surface area contributed by atoms with Crippen molar-refractivity contribution in [1.29, 1.82) is 0 Å². The molecule has 0 saturated heterocycles. The molecule has 0 aliphatic carbocycles. The molecule has 0 amide bonds. The van der Waals surface area contributed by atoms with Crippen LogP contribution in [0.25, 0.3) is 0 Å². The van der Waals surface area contributed by atoms with Crippen molar-refractivity contribution in [2.24, 2.45) is 0 Å². The van der Waals surface area contributed by atoms with Gasteiger partial charge in [-0.15, -0.1) is 0 Å². The van der Waals surface area contributed by atoms with E-state index >= 15 is 0 Å². The third-order valence-electron chi connectivity index (χ3n) is 4.40. The molecule has 0 radical (unpaired) electrons. The molecule has 0 aliphatic rings. The lowest BCUT2D eigenvalue weighted by Gasteiger charge is -2.42. The second kappa shape index (κ2) is 14.6. The average molecular weight is 565 g/mol. The molecule has 0 bridgehead atoms. The molecule has 0 fully saturated rings. The molecule has 0 N–H and O–H groups in total. The molecule has 35 heavy (non-hydrogen) atoms. The highest BCUT2D eigenvalue weighted by molar-refractivity contribution is 7.74. The Morgan fingerprint density at radius 2 is 0.771 bits per heavy atom. The normalized spacial score (nSPS) is 14.5. The van der Waals surface area contributed by atoms with E-state index in [0.29, 0.717) is 0 Å².